The third-order valence-corrected chi connectivity index (χ3v) is 6.43. The minimum Gasteiger partial charge on any atom is -0.334 e. The van der Waals surface area contributed by atoms with Gasteiger partial charge in [-0.2, -0.15) is 0 Å². The topological polar surface area (TPSA) is 50.5 Å². The Bertz CT molecular complexity index is 1020. The predicted molar refractivity (Wildman–Crippen MR) is 109 cm³/mol. The summed E-state index contributed by atoms with van der Waals surface area (Å²) in [5, 5.41) is 0. The zero-order chi connectivity index (χ0) is 19.8. The molecule has 6 heteroatoms. The number of fused-ring (bicyclic) bond motifs is 1. The van der Waals surface area contributed by atoms with Gasteiger partial charge in [-0.15, -0.1) is 0 Å². The highest BCUT2D eigenvalue weighted by atomic mass is 19.1. The number of likely N-dealkylation sites (tertiary alicyclic amines) is 1. The van der Waals surface area contributed by atoms with E-state index in [4.69, 9.17) is 0 Å². The summed E-state index contributed by atoms with van der Waals surface area (Å²) in [5.74, 6) is 1.16. The highest BCUT2D eigenvalue weighted by Crippen LogP contribution is 2.36. The van der Waals surface area contributed by atoms with Gasteiger partial charge < -0.3 is 4.90 Å². The summed E-state index contributed by atoms with van der Waals surface area (Å²) in [6, 6.07) is 8.45. The normalized spacial score (nSPS) is 20.0. The largest absolute Gasteiger partial charge is 0.334 e. The van der Waals surface area contributed by atoms with Crippen molar-refractivity contribution >= 4 is 11.7 Å². The van der Waals surface area contributed by atoms with Gasteiger partial charge in [0, 0.05) is 24.7 Å². The highest BCUT2D eigenvalue weighted by Gasteiger charge is 2.33. The fourth-order valence-electron chi connectivity index (χ4n) is 4.98. The van der Waals surface area contributed by atoms with Crippen LogP contribution in [0.25, 0.3) is 17.0 Å². The number of aromatic nitrogens is 3. The van der Waals surface area contributed by atoms with Crippen LogP contribution in [0.5, 0.6) is 0 Å². The molecule has 5 nitrogen and oxygen atoms in total. The van der Waals surface area contributed by atoms with Crippen molar-refractivity contribution in [3.63, 3.8) is 0 Å². The lowest BCUT2D eigenvalue weighted by Crippen LogP contribution is -2.32. The number of nitrogens with zero attached hydrogens (tertiary/aromatic N) is 4. The first-order valence-corrected chi connectivity index (χ1v) is 10.6. The van der Waals surface area contributed by atoms with Crippen molar-refractivity contribution < 1.29 is 9.18 Å². The number of carbonyl (C=O) groups is 1. The molecule has 1 aromatic carbocycles. The van der Waals surface area contributed by atoms with E-state index in [-0.39, 0.29) is 17.8 Å². The summed E-state index contributed by atoms with van der Waals surface area (Å²) in [6.07, 6.45) is 11.0. The summed E-state index contributed by atoms with van der Waals surface area (Å²) in [6.45, 7) is 0.806. The lowest BCUT2D eigenvalue weighted by Gasteiger charge is -2.27. The minimum atomic E-state index is -0.264. The lowest BCUT2D eigenvalue weighted by molar-refractivity contribution is -0.133. The minimum absolute atomic E-state index is 0.0304. The summed E-state index contributed by atoms with van der Waals surface area (Å²) in [4.78, 5) is 24.0. The summed E-state index contributed by atoms with van der Waals surface area (Å²) in [7, 11) is 0. The number of hydrogen-bond donors (Lipinski definition) is 0. The van der Waals surface area contributed by atoms with E-state index in [1.54, 1.807) is 24.5 Å². The molecule has 1 saturated heterocycles. The van der Waals surface area contributed by atoms with Gasteiger partial charge in [0.1, 0.15) is 5.82 Å². The number of halogens is 1. The smallest absolute Gasteiger partial charge is 0.234 e. The number of imidazole rings is 1. The fraction of sp³-hybridized carbons (Fsp3) is 0.435. The van der Waals surface area contributed by atoms with Crippen LogP contribution in [0, 0.1) is 11.7 Å². The molecule has 150 valence electrons. The van der Waals surface area contributed by atoms with Gasteiger partial charge in [0.15, 0.2) is 0 Å². The summed E-state index contributed by atoms with van der Waals surface area (Å²) >= 11 is 0. The summed E-state index contributed by atoms with van der Waals surface area (Å²) in [5.41, 5.74) is 2.79. The maximum atomic E-state index is 13.4. The van der Waals surface area contributed by atoms with Crippen molar-refractivity contribution in [2.45, 2.75) is 51.0 Å². The van der Waals surface area contributed by atoms with Crippen LogP contribution in [0.3, 0.4) is 0 Å². The van der Waals surface area contributed by atoms with Crippen molar-refractivity contribution in [1.29, 1.82) is 0 Å². The third-order valence-electron chi connectivity index (χ3n) is 6.43. The Hall–Kier alpha value is -2.76. The molecule has 1 saturated carbocycles. The molecule has 0 N–H and O–H groups in total. The van der Waals surface area contributed by atoms with Gasteiger partial charge in [-0.05, 0) is 61.9 Å². The predicted octanol–water partition coefficient (Wildman–Crippen LogP) is 4.78. The van der Waals surface area contributed by atoms with Crippen molar-refractivity contribution in [2.24, 2.45) is 5.92 Å². The Balaban J connectivity index is 1.51. The van der Waals surface area contributed by atoms with Crippen molar-refractivity contribution in [2.75, 3.05) is 6.54 Å². The van der Waals surface area contributed by atoms with Gasteiger partial charge >= 0.3 is 0 Å². The van der Waals surface area contributed by atoms with Gasteiger partial charge in [-0.3, -0.25) is 9.20 Å². The SMILES string of the molecule is O=C(CC1CCCC1)N1CCC[C@H]1c1ccnc2ncc(-c3ccc(F)cc3)n12. The molecule has 0 bridgehead atoms. The van der Waals surface area contributed by atoms with E-state index in [9.17, 15) is 9.18 Å². The van der Waals surface area contributed by atoms with E-state index in [0.29, 0.717) is 18.1 Å². The molecular formula is C23H25FN4O. The molecule has 5 rings (SSSR count). The second-order valence-corrected chi connectivity index (χ2v) is 8.26. The van der Waals surface area contributed by atoms with E-state index in [1.165, 1.54) is 37.8 Å². The van der Waals surface area contributed by atoms with E-state index >= 15 is 0 Å². The van der Waals surface area contributed by atoms with Crippen LogP contribution in [-0.4, -0.2) is 31.7 Å². The first-order chi connectivity index (χ1) is 14.2. The van der Waals surface area contributed by atoms with Crippen LogP contribution in [0.15, 0.2) is 42.7 Å². The van der Waals surface area contributed by atoms with Crippen LogP contribution < -0.4 is 0 Å². The highest BCUT2D eigenvalue weighted by molar-refractivity contribution is 5.77. The molecule has 1 aliphatic heterocycles. The van der Waals surface area contributed by atoms with Gasteiger partial charge in [0.2, 0.25) is 11.7 Å². The van der Waals surface area contributed by atoms with E-state index in [0.717, 1.165) is 36.3 Å². The second-order valence-electron chi connectivity index (χ2n) is 8.26. The number of carbonyl (C=O) groups excluding carboxylic acids is 1. The van der Waals surface area contributed by atoms with Gasteiger partial charge in [0.05, 0.1) is 23.6 Å². The number of rotatable bonds is 4. The molecule has 0 radical (unpaired) electrons. The Morgan fingerprint density at radius 2 is 1.83 bits per heavy atom. The first kappa shape index (κ1) is 18.3. The standard InChI is InChI=1S/C23H25FN4O/c24-18-9-7-17(8-10-18)21-15-26-23-25-12-11-20(28(21)23)19-6-3-13-27(19)22(29)14-16-4-1-2-5-16/h7-12,15-16,19H,1-6,13-14H2/t19-/m0/s1. The Morgan fingerprint density at radius 3 is 2.62 bits per heavy atom. The number of amides is 1. The average molecular weight is 392 g/mol. The van der Waals surface area contributed by atoms with Crippen LogP contribution in [-0.2, 0) is 4.79 Å². The van der Waals surface area contributed by atoms with Crippen molar-refractivity contribution in [3.05, 3.63) is 54.2 Å². The summed E-state index contributed by atoms with van der Waals surface area (Å²) < 4.78 is 15.4. The second kappa shape index (κ2) is 7.58. The molecule has 1 amide bonds. The molecule has 2 aliphatic rings. The molecule has 0 unspecified atom stereocenters. The Kier molecular flexibility index (Phi) is 4.78. The monoisotopic (exact) mass is 392 g/mol. The van der Waals surface area contributed by atoms with E-state index in [2.05, 4.69) is 14.9 Å². The molecule has 29 heavy (non-hydrogen) atoms. The van der Waals surface area contributed by atoms with Gasteiger partial charge in [-0.25, -0.2) is 14.4 Å². The maximum Gasteiger partial charge on any atom is 0.234 e. The first-order valence-electron chi connectivity index (χ1n) is 10.6. The zero-order valence-electron chi connectivity index (χ0n) is 16.4. The molecule has 1 atom stereocenters. The van der Waals surface area contributed by atoms with E-state index in [1.807, 2.05) is 10.5 Å². The quantitative estimate of drug-likeness (QED) is 0.642. The molecule has 2 fully saturated rings. The molecular weight excluding hydrogens is 367 g/mol. The molecule has 0 spiro atoms. The zero-order valence-corrected chi connectivity index (χ0v) is 16.4. The van der Waals surface area contributed by atoms with Crippen molar-refractivity contribution in [1.82, 2.24) is 19.3 Å². The van der Waals surface area contributed by atoms with Crippen LogP contribution >= 0.6 is 0 Å². The maximum absolute atomic E-state index is 13.4. The van der Waals surface area contributed by atoms with Crippen LogP contribution in [0.4, 0.5) is 4.39 Å². The third kappa shape index (κ3) is 3.41. The van der Waals surface area contributed by atoms with Gasteiger partial charge in [-0.1, -0.05) is 12.8 Å². The van der Waals surface area contributed by atoms with E-state index < -0.39 is 0 Å². The number of hydrogen-bond acceptors (Lipinski definition) is 3. The van der Waals surface area contributed by atoms with Crippen LogP contribution in [0.1, 0.15) is 56.7 Å². The van der Waals surface area contributed by atoms with Crippen LogP contribution in [0.2, 0.25) is 0 Å². The Morgan fingerprint density at radius 1 is 1.03 bits per heavy atom. The average Bonchev–Trinajstić information content (AvgIpc) is 3.48. The molecule has 3 heterocycles. The molecule has 1 aliphatic carbocycles. The Labute approximate surface area is 169 Å². The molecule has 3 aromatic rings. The molecule has 2 aromatic heterocycles. The van der Waals surface area contributed by atoms with Crippen molar-refractivity contribution in [3.8, 4) is 11.3 Å². The van der Waals surface area contributed by atoms with Gasteiger partial charge in [0.25, 0.3) is 0 Å². The number of benzene rings is 1. The fourth-order valence-corrected chi connectivity index (χ4v) is 4.98. The lowest BCUT2D eigenvalue weighted by atomic mass is 10.0.